The van der Waals surface area contributed by atoms with Crippen molar-refractivity contribution in [2.24, 2.45) is 0 Å². The third-order valence-electron chi connectivity index (χ3n) is 1.88. The second-order valence-electron chi connectivity index (χ2n) is 3.18. The minimum absolute atomic E-state index is 0.200. The van der Waals surface area contributed by atoms with Crippen molar-refractivity contribution in [2.45, 2.75) is 6.92 Å². The Kier molecular flexibility index (Phi) is 4.88. The fourth-order valence-electron chi connectivity index (χ4n) is 1.01. The van der Waals surface area contributed by atoms with Gasteiger partial charge in [0.25, 0.3) is 5.91 Å². The Balaban J connectivity index is 2.95. The fraction of sp³-hybridized carbons (Fsp3) is 0.0833. The van der Waals surface area contributed by atoms with Gasteiger partial charge >= 0.3 is 0 Å². The van der Waals surface area contributed by atoms with E-state index in [9.17, 15) is 4.79 Å². The molecule has 1 heterocycles. The third kappa shape index (κ3) is 4.02. The average Bonchev–Trinajstić information content (AvgIpc) is 2.62. The van der Waals surface area contributed by atoms with Crippen molar-refractivity contribution in [1.82, 2.24) is 5.32 Å². The maximum absolute atomic E-state index is 11.4. The monoisotopic (exact) mass is 262 g/mol. The number of nitrogens with one attached hydrogen (secondary N) is 1. The lowest BCUT2D eigenvalue weighted by Crippen LogP contribution is -2.17. The number of nitriles is 1. The first-order valence-corrected chi connectivity index (χ1v) is 5.95. The van der Waals surface area contributed by atoms with Crippen molar-refractivity contribution in [3.8, 4) is 6.07 Å². The molecule has 1 aliphatic heterocycles. The van der Waals surface area contributed by atoms with Crippen molar-refractivity contribution >= 4 is 34.2 Å². The number of hydrogen-bond donors (Lipinski definition) is 1. The molecule has 0 atom stereocenters. The lowest BCUT2D eigenvalue weighted by Gasteiger charge is -1.93. The van der Waals surface area contributed by atoms with Gasteiger partial charge in [-0.25, -0.2) is 0 Å². The third-order valence-corrected chi connectivity index (χ3v) is 3.04. The molecule has 1 rings (SSSR count). The van der Waals surface area contributed by atoms with Crippen molar-refractivity contribution in [1.29, 1.82) is 5.26 Å². The van der Waals surface area contributed by atoms with Crippen LogP contribution in [0.25, 0.3) is 0 Å². The second-order valence-corrected chi connectivity index (χ2v) is 4.90. The topological polar surface area (TPSA) is 52.9 Å². The van der Waals surface area contributed by atoms with Gasteiger partial charge in [0, 0.05) is 5.57 Å². The van der Waals surface area contributed by atoms with E-state index in [2.05, 4.69) is 11.9 Å². The van der Waals surface area contributed by atoms with E-state index < -0.39 is 0 Å². The summed E-state index contributed by atoms with van der Waals surface area (Å²) in [6, 6.07) is 2.01. The summed E-state index contributed by atoms with van der Waals surface area (Å²) in [5, 5.41) is 11.1. The van der Waals surface area contributed by atoms with Crippen molar-refractivity contribution in [3.05, 3.63) is 46.9 Å². The molecule has 86 valence electrons. The van der Waals surface area contributed by atoms with Crippen LogP contribution in [-0.2, 0) is 4.79 Å². The van der Waals surface area contributed by atoms with Crippen LogP contribution in [0.4, 0.5) is 0 Å². The minimum atomic E-state index is -0.200. The molecule has 0 unspecified atom stereocenters. The van der Waals surface area contributed by atoms with E-state index in [4.69, 9.17) is 17.5 Å². The number of thiocarbonyl (C=S) groups is 1. The van der Waals surface area contributed by atoms with E-state index in [0.29, 0.717) is 14.8 Å². The van der Waals surface area contributed by atoms with Crippen LogP contribution in [0.15, 0.2) is 46.9 Å². The normalized spacial score (nSPS) is 19.2. The molecule has 5 heteroatoms. The van der Waals surface area contributed by atoms with Crippen LogP contribution in [0.5, 0.6) is 0 Å². The fourth-order valence-corrected chi connectivity index (χ4v) is 2.05. The summed E-state index contributed by atoms with van der Waals surface area (Å²) in [6.45, 7) is 5.36. The molecule has 0 aromatic heterocycles. The molecule has 1 fully saturated rings. The number of carbonyl (C=O) groups is 1. The zero-order chi connectivity index (χ0) is 12.8. The first kappa shape index (κ1) is 13.4. The van der Waals surface area contributed by atoms with Gasteiger partial charge in [-0.15, -0.1) is 0 Å². The minimum Gasteiger partial charge on any atom is -0.307 e. The Bertz CT molecular complexity index is 507. The Labute approximate surface area is 110 Å². The van der Waals surface area contributed by atoms with Gasteiger partial charge in [0.05, 0.1) is 11.0 Å². The molecule has 0 radical (unpaired) electrons. The van der Waals surface area contributed by atoms with Crippen LogP contribution in [0, 0.1) is 11.3 Å². The molecule has 0 spiro atoms. The number of nitrogens with zero attached hydrogens (tertiary/aromatic N) is 1. The van der Waals surface area contributed by atoms with Crippen molar-refractivity contribution in [2.75, 3.05) is 0 Å². The largest absolute Gasteiger partial charge is 0.307 e. The Morgan fingerprint density at radius 3 is 2.76 bits per heavy atom. The predicted molar refractivity (Wildman–Crippen MR) is 74.1 cm³/mol. The number of carbonyl (C=O) groups excluding carboxylic acids is 1. The first-order valence-electron chi connectivity index (χ1n) is 4.73. The van der Waals surface area contributed by atoms with Crippen molar-refractivity contribution in [3.63, 3.8) is 0 Å². The van der Waals surface area contributed by atoms with Crippen LogP contribution in [0.3, 0.4) is 0 Å². The lowest BCUT2D eigenvalue weighted by atomic mass is 10.2. The Hall–Kier alpha value is -1.64. The molecular formula is C12H10N2OS2. The quantitative estimate of drug-likeness (QED) is 0.367. The standard InChI is InChI=1S/C12H10N2OS2/c1-3-9(5-4-8(2)7-13)6-10-11(15)14-12(16)17-10/h3-6H,1H2,2H3,(H,14,15,16)/b8-4+,9-5+,10-6-. The summed E-state index contributed by atoms with van der Waals surface area (Å²) < 4.78 is 0.452. The van der Waals surface area contributed by atoms with Crippen LogP contribution in [-0.4, -0.2) is 10.2 Å². The Morgan fingerprint density at radius 1 is 1.59 bits per heavy atom. The van der Waals surface area contributed by atoms with Crippen molar-refractivity contribution < 1.29 is 4.79 Å². The maximum Gasteiger partial charge on any atom is 0.263 e. The highest BCUT2D eigenvalue weighted by Gasteiger charge is 2.21. The van der Waals surface area contributed by atoms with Gasteiger partial charge in [-0.05, 0) is 24.6 Å². The van der Waals surface area contributed by atoms with E-state index >= 15 is 0 Å². The summed E-state index contributed by atoms with van der Waals surface area (Å²) in [7, 11) is 0. The van der Waals surface area contributed by atoms with Gasteiger partial charge < -0.3 is 5.32 Å². The van der Waals surface area contributed by atoms with Crippen LogP contribution < -0.4 is 5.32 Å². The van der Waals surface area contributed by atoms with Crippen LogP contribution >= 0.6 is 24.0 Å². The molecule has 1 N–H and O–H groups in total. The maximum atomic E-state index is 11.4. The van der Waals surface area contributed by atoms with Gasteiger partial charge in [-0.1, -0.05) is 42.7 Å². The molecule has 0 aromatic rings. The zero-order valence-corrected chi connectivity index (χ0v) is 10.8. The van der Waals surface area contributed by atoms with Crippen LogP contribution in [0.2, 0.25) is 0 Å². The number of amides is 1. The summed E-state index contributed by atoms with van der Waals surface area (Å²) in [4.78, 5) is 11.9. The van der Waals surface area contributed by atoms with E-state index in [-0.39, 0.29) is 5.91 Å². The lowest BCUT2D eigenvalue weighted by molar-refractivity contribution is -0.115. The average molecular weight is 262 g/mol. The molecule has 1 amide bonds. The number of hydrogen-bond acceptors (Lipinski definition) is 4. The van der Waals surface area contributed by atoms with E-state index in [1.807, 2.05) is 6.07 Å². The molecule has 1 aliphatic rings. The molecular weight excluding hydrogens is 252 g/mol. The number of thioether (sulfide) groups is 1. The highest BCUT2D eigenvalue weighted by Crippen LogP contribution is 2.24. The Morgan fingerprint density at radius 2 is 2.29 bits per heavy atom. The molecule has 17 heavy (non-hydrogen) atoms. The van der Waals surface area contributed by atoms with Gasteiger partial charge in [-0.3, -0.25) is 4.79 Å². The summed E-state index contributed by atoms with van der Waals surface area (Å²) in [5.41, 5.74) is 1.34. The SMILES string of the molecule is C=CC(/C=C1\SC(=S)NC1=O)=C\C=C(/C)C#N. The molecule has 0 bridgehead atoms. The molecule has 1 saturated heterocycles. The smallest absolute Gasteiger partial charge is 0.263 e. The second kappa shape index (κ2) is 6.18. The molecule has 0 aliphatic carbocycles. The van der Waals surface area contributed by atoms with Gasteiger partial charge in [-0.2, -0.15) is 5.26 Å². The summed E-state index contributed by atoms with van der Waals surface area (Å²) >= 11 is 6.09. The molecule has 0 saturated carbocycles. The molecule has 0 aromatic carbocycles. The zero-order valence-electron chi connectivity index (χ0n) is 9.19. The first-order chi connectivity index (χ1) is 8.06. The van der Waals surface area contributed by atoms with Gasteiger partial charge in [0.2, 0.25) is 0 Å². The molecule has 3 nitrogen and oxygen atoms in total. The van der Waals surface area contributed by atoms with E-state index in [0.717, 1.165) is 5.57 Å². The van der Waals surface area contributed by atoms with E-state index in [1.165, 1.54) is 11.8 Å². The highest BCUT2D eigenvalue weighted by atomic mass is 32.2. The summed E-state index contributed by atoms with van der Waals surface area (Å²) in [6.07, 6.45) is 6.70. The number of allylic oxidation sites excluding steroid dienone is 6. The van der Waals surface area contributed by atoms with Gasteiger partial charge in [0.1, 0.15) is 4.32 Å². The highest BCUT2D eigenvalue weighted by molar-refractivity contribution is 8.26. The summed E-state index contributed by atoms with van der Waals surface area (Å²) in [5.74, 6) is -0.200. The van der Waals surface area contributed by atoms with E-state index in [1.54, 1.807) is 31.2 Å². The predicted octanol–water partition coefficient (Wildman–Crippen LogP) is 2.60. The van der Waals surface area contributed by atoms with Gasteiger partial charge in [0.15, 0.2) is 0 Å². The van der Waals surface area contributed by atoms with Crippen LogP contribution in [0.1, 0.15) is 6.92 Å². The number of rotatable bonds is 3.